The largest absolute Gasteiger partial charge is 0.433 e. The molecule has 0 aliphatic carbocycles. The molecule has 106 valence electrons. The van der Waals surface area contributed by atoms with Gasteiger partial charge in [-0.15, -0.1) is 0 Å². The van der Waals surface area contributed by atoms with E-state index in [-0.39, 0.29) is 10.7 Å². The van der Waals surface area contributed by atoms with Crippen LogP contribution >= 0.6 is 34.2 Å². The highest BCUT2D eigenvalue weighted by molar-refractivity contribution is 14.1. The molecule has 20 heavy (non-hydrogen) atoms. The lowest BCUT2D eigenvalue weighted by atomic mass is 10.0. The van der Waals surface area contributed by atoms with Gasteiger partial charge in [0.1, 0.15) is 17.0 Å². The molecule has 0 amide bonds. The van der Waals surface area contributed by atoms with Crippen molar-refractivity contribution in [1.82, 2.24) is 4.98 Å². The fourth-order valence-electron chi connectivity index (χ4n) is 1.67. The summed E-state index contributed by atoms with van der Waals surface area (Å²) < 4.78 is 38.3. The highest BCUT2D eigenvalue weighted by atomic mass is 127. The summed E-state index contributed by atoms with van der Waals surface area (Å²) in [6.45, 7) is 0. The molecule has 0 aliphatic rings. The van der Waals surface area contributed by atoms with E-state index < -0.39 is 18.0 Å². The molecule has 1 unspecified atom stereocenters. The Morgan fingerprint density at radius 1 is 1.10 bits per heavy atom. The zero-order chi connectivity index (χ0) is 14.9. The van der Waals surface area contributed by atoms with Gasteiger partial charge in [0.25, 0.3) is 0 Å². The highest BCUT2D eigenvalue weighted by Gasteiger charge is 2.33. The summed E-state index contributed by atoms with van der Waals surface area (Å²) in [5, 5.41) is 9.88. The van der Waals surface area contributed by atoms with Gasteiger partial charge in [-0.2, -0.15) is 13.2 Å². The first-order valence-corrected chi connectivity index (χ1v) is 6.92. The van der Waals surface area contributed by atoms with Crippen molar-refractivity contribution in [2.45, 2.75) is 12.3 Å². The predicted octanol–water partition coefficient (Wildman–Crippen LogP) is 4.44. The normalized spacial score (nSPS) is 13.3. The number of hydrogen-bond acceptors (Lipinski definition) is 2. The van der Waals surface area contributed by atoms with Crippen LogP contribution in [0, 0.1) is 3.57 Å². The van der Waals surface area contributed by atoms with Crippen LogP contribution in [-0.2, 0) is 6.18 Å². The fraction of sp³-hybridized carbons (Fsp3) is 0.154. The van der Waals surface area contributed by atoms with Gasteiger partial charge >= 0.3 is 6.18 Å². The summed E-state index contributed by atoms with van der Waals surface area (Å²) in [5.74, 6) is 0. The van der Waals surface area contributed by atoms with Crippen LogP contribution in [0.4, 0.5) is 13.2 Å². The van der Waals surface area contributed by atoms with Gasteiger partial charge < -0.3 is 5.11 Å². The van der Waals surface area contributed by atoms with E-state index in [1.807, 2.05) is 22.6 Å². The van der Waals surface area contributed by atoms with Crippen LogP contribution in [0.2, 0.25) is 5.15 Å². The Bertz CT molecular complexity index is 633. The molecule has 7 heteroatoms. The fourth-order valence-corrected chi connectivity index (χ4v) is 2.61. The molecule has 0 aliphatic heterocycles. The van der Waals surface area contributed by atoms with E-state index in [0.29, 0.717) is 5.56 Å². The van der Waals surface area contributed by atoms with Crippen molar-refractivity contribution in [3.05, 3.63) is 61.9 Å². The van der Waals surface area contributed by atoms with E-state index in [9.17, 15) is 18.3 Å². The molecule has 2 rings (SSSR count). The van der Waals surface area contributed by atoms with Crippen molar-refractivity contribution in [3.8, 4) is 0 Å². The van der Waals surface area contributed by atoms with Gasteiger partial charge in [-0.3, -0.25) is 0 Å². The molecule has 0 bridgehead atoms. The van der Waals surface area contributed by atoms with E-state index in [0.717, 1.165) is 15.7 Å². The van der Waals surface area contributed by atoms with Crippen LogP contribution in [0.3, 0.4) is 0 Å². The van der Waals surface area contributed by atoms with Gasteiger partial charge in [-0.05, 0) is 40.3 Å². The minimum absolute atomic E-state index is 0.142. The number of benzene rings is 1. The number of aliphatic hydroxyl groups excluding tert-OH is 1. The molecule has 1 N–H and O–H groups in total. The van der Waals surface area contributed by atoms with Crippen LogP contribution in [0.5, 0.6) is 0 Å². The van der Waals surface area contributed by atoms with Crippen molar-refractivity contribution in [2.24, 2.45) is 0 Å². The van der Waals surface area contributed by atoms with Gasteiger partial charge in [0.2, 0.25) is 0 Å². The van der Waals surface area contributed by atoms with E-state index in [4.69, 9.17) is 11.6 Å². The summed E-state index contributed by atoms with van der Waals surface area (Å²) in [4.78, 5) is 3.30. The zero-order valence-electron chi connectivity index (χ0n) is 9.83. The molecule has 0 spiro atoms. The van der Waals surface area contributed by atoms with E-state index in [1.165, 1.54) is 0 Å². The van der Waals surface area contributed by atoms with Crippen LogP contribution < -0.4 is 0 Å². The summed E-state index contributed by atoms with van der Waals surface area (Å²) in [5.41, 5.74) is -0.374. The number of hydrogen-bond donors (Lipinski definition) is 1. The van der Waals surface area contributed by atoms with Crippen LogP contribution in [0.25, 0.3) is 0 Å². The minimum Gasteiger partial charge on any atom is -0.384 e. The highest BCUT2D eigenvalue weighted by Crippen LogP contribution is 2.33. The Kier molecular flexibility index (Phi) is 4.55. The third kappa shape index (κ3) is 3.24. The molecule has 0 saturated carbocycles. The molecule has 2 nitrogen and oxygen atoms in total. The van der Waals surface area contributed by atoms with Gasteiger partial charge in [0, 0.05) is 9.13 Å². The number of pyridine rings is 1. The lowest BCUT2D eigenvalue weighted by molar-refractivity contribution is -0.141. The lowest BCUT2D eigenvalue weighted by Crippen LogP contribution is -2.10. The first kappa shape index (κ1) is 15.5. The summed E-state index contributed by atoms with van der Waals surface area (Å²) >= 11 is 7.79. The van der Waals surface area contributed by atoms with Gasteiger partial charge in [-0.1, -0.05) is 35.9 Å². The van der Waals surface area contributed by atoms with E-state index in [1.54, 1.807) is 24.3 Å². The van der Waals surface area contributed by atoms with Crippen molar-refractivity contribution in [3.63, 3.8) is 0 Å². The zero-order valence-corrected chi connectivity index (χ0v) is 12.7. The standard InChI is InChI=1S/C13H8ClF3INO/c14-12-8(5-6-10(19-12)13(15,16)17)11(20)7-3-1-2-4-9(7)18/h1-6,11,20H. The molecule has 0 saturated heterocycles. The maximum absolute atomic E-state index is 12.5. The Hall–Kier alpha value is -0.860. The monoisotopic (exact) mass is 413 g/mol. The molecule has 2 aromatic rings. The number of nitrogens with zero attached hydrogens (tertiary/aromatic N) is 1. The number of halogens is 5. The Morgan fingerprint density at radius 2 is 1.75 bits per heavy atom. The van der Waals surface area contributed by atoms with Crippen molar-refractivity contribution in [2.75, 3.05) is 0 Å². The van der Waals surface area contributed by atoms with Crippen LogP contribution in [0.15, 0.2) is 36.4 Å². The average Bonchev–Trinajstić information content (AvgIpc) is 2.37. The first-order chi connectivity index (χ1) is 9.30. The molecule has 1 aromatic carbocycles. The topological polar surface area (TPSA) is 33.1 Å². The number of aliphatic hydroxyl groups is 1. The Labute approximate surface area is 131 Å². The maximum atomic E-state index is 12.5. The summed E-state index contributed by atoms with van der Waals surface area (Å²) in [7, 11) is 0. The first-order valence-electron chi connectivity index (χ1n) is 5.47. The van der Waals surface area contributed by atoms with Crippen LogP contribution in [0.1, 0.15) is 22.9 Å². The summed E-state index contributed by atoms with van der Waals surface area (Å²) in [6.07, 6.45) is -5.68. The number of alkyl halides is 3. The predicted molar refractivity (Wildman–Crippen MR) is 77.5 cm³/mol. The molecular formula is C13H8ClF3INO. The Morgan fingerprint density at radius 3 is 2.30 bits per heavy atom. The van der Waals surface area contributed by atoms with E-state index in [2.05, 4.69) is 4.98 Å². The smallest absolute Gasteiger partial charge is 0.384 e. The van der Waals surface area contributed by atoms with Gasteiger partial charge in [-0.25, -0.2) is 4.98 Å². The molecular weight excluding hydrogens is 406 g/mol. The maximum Gasteiger partial charge on any atom is 0.433 e. The molecule has 1 heterocycles. The lowest BCUT2D eigenvalue weighted by Gasteiger charge is -2.15. The second-order valence-electron chi connectivity index (χ2n) is 4.00. The molecule has 1 atom stereocenters. The van der Waals surface area contributed by atoms with Gasteiger partial charge in [0.15, 0.2) is 0 Å². The molecule has 0 fully saturated rings. The minimum atomic E-state index is -4.56. The second-order valence-corrected chi connectivity index (χ2v) is 5.52. The second kappa shape index (κ2) is 5.87. The Balaban J connectivity index is 2.42. The quantitative estimate of drug-likeness (QED) is 0.583. The average molecular weight is 414 g/mol. The molecule has 1 aromatic heterocycles. The van der Waals surface area contributed by atoms with E-state index >= 15 is 0 Å². The van der Waals surface area contributed by atoms with Crippen molar-refractivity contribution in [1.29, 1.82) is 0 Å². The van der Waals surface area contributed by atoms with Crippen molar-refractivity contribution >= 4 is 34.2 Å². The van der Waals surface area contributed by atoms with Gasteiger partial charge in [0.05, 0.1) is 0 Å². The number of aromatic nitrogens is 1. The van der Waals surface area contributed by atoms with Crippen LogP contribution in [-0.4, -0.2) is 10.1 Å². The third-order valence-corrected chi connectivity index (χ3v) is 3.95. The SMILES string of the molecule is OC(c1ccccc1I)c1ccc(C(F)(F)F)nc1Cl. The third-order valence-electron chi connectivity index (χ3n) is 2.66. The van der Waals surface area contributed by atoms with Crippen molar-refractivity contribution < 1.29 is 18.3 Å². The number of rotatable bonds is 2. The summed E-state index contributed by atoms with van der Waals surface area (Å²) in [6, 6.07) is 8.94. The molecule has 0 radical (unpaired) electrons.